The fourth-order valence-electron chi connectivity index (χ4n) is 4.12. The van der Waals surface area contributed by atoms with Gasteiger partial charge in [0.05, 0.1) is 40.9 Å². The Balaban J connectivity index is 0.00000484. The average molecular weight is 610 g/mol. The number of carbonyl (C=O) groups is 1. The summed E-state index contributed by atoms with van der Waals surface area (Å²) in [6, 6.07) is 10.1. The Morgan fingerprint density at radius 2 is 1.64 bits per heavy atom. The molecule has 0 saturated heterocycles. The molecule has 0 saturated carbocycles. The zero-order valence-electron chi connectivity index (χ0n) is 23.5. The second-order valence-corrected chi connectivity index (χ2v) is 14.0. The van der Waals surface area contributed by atoms with Gasteiger partial charge in [0.2, 0.25) is 0 Å². The van der Waals surface area contributed by atoms with Crippen molar-refractivity contribution in [1.29, 1.82) is 0 Å². The Bertz CT molecular complexity index is 1720. The van der Waals surface area contributed by atoms with Crippen LogP contribution in [-0.2, 0) is 31.6 Å². The van der Waals surface area contributed by atoms with Gasteiger partial charge < -0.3 is 23.9 Å². The summed E-state index contributed by atoms with van der Waals surface area (Å²) in [5.41, 5.74) is 0.663. The standard InChI is InChI=1S/C28H31N3O8S2.Li.H/c1-17-14-29-24(18(2)25(17)38-6)15-40(34)28(30-22-12-9-20(37-5)13-23(22)31-28)41(35,36)21-10-7-19(8-11-21)39-16-27(3,4)26(32)33;;/h7-14H,15-16H2,1-6H3,(H,32,33);;. The van der Waals surface area contributed by atoms with Gasteiger partial charge in [-0.15, -0.1) is 0 Å². The van der Waals surface area contributed by atoms with Crippen LogP contribution in [0.25, 0.3) is 0 Å². The van der Waals surface area contributed by atoms with Crippen molar-refractivity contribution >= 4 is 45.8 Å². The quantitative estimate of drug-likeness (QED) is 0.253. The molecule has 1 N–H and O–H groups in total. The molecule has 1 aromatic heterocycles. The van der Waals surface area contributed by atoms with E-state index in [2.05, 4.69) is 15.0 Å². The number of benzene rings is 2. The Morgan fingerprint density at radius 3 is 2.24 bits per heavy atom. The van der Waals surface area contributed by atoms with Gasteiger partial charge >= 0.3 is 29.2 Å². The molecule has 42 heavy (non-hydrogen) atoms. The van der Waals surface area contributed by atoms with Crippen LogP contribution in [0.1, 0.15) is 30.7 Å². The van der Waals surface area contributed by atoms with Gasteiger partial charge in [-0.3, -0.25) is 9.78 Å². The molecule has 0 aliphatic carbocycles. The molecule has 0 amide bonds. The van der Waals surface area contributed by atoms with E-state index in [1.807, 2.05) is 6.92 Å². The van der Waals surface area contributed by atoms with Crippen LogP contribution in [0.3, 0.4) is 0 Å². The zero-order chi connectivity index (χ0) is 30.2. The third-order valence-electron chi connectivity index (χ3n) is 6.68. The molecule has 2 atom stereocenters. The first-order chi connectivity index (χ1) is 19.3. The van der Waals surface area contributed by atoms with Crippen molar-refractivity contribution in [3.05, 3.63) is 76.2 Å². The molecule has 2 aromatic carbocycles. The van der Waals surface area contributed by atoms with Crippen molar-refractivity contribution in [3.8, 4) is 17.2 Å². The van der Waals surface area contributed by atoms with Gasteiger partial charge in [0, 0.05) is 34.6 Å². The van der Waals surface area contributed by atoms with Crippen molar-refractivity contribution < 1.29 is 37.1 Å². The third kappa shape index (κ3) is 6.16. The maximum absolute atomic E-state index is 14.2. The van der Waals surface area contributed by atoms with E-state index in [9.17, 15) is 22.9 Å². The molecule has 3 aromatic rings. The fraction of sp³-hybridized carbons (Fsp3) is 0.357. The van der Waals surface area contributed by atoms with E-state index in [-0.39, 0.29) is 52.6 Å². The van der Waals surface area contributed by atoms with Gasteiger partial charge in [-0.2, -0.15) is 9.98 Å². The SMILES string of the molecule is COc1ccc2c(c1)=NC([S+]([O-])Cc1ncc(C)c(OC)c1C)(S(=O)(=O)c1ccc(OCC(C)(C)C(=O)O)cc1)N=2.[LiH]. The molecule has 0 fully saturated rings. The molecule has 11 nitrogen and oxygen atoms in total. The van der Waals surface area contributed by atoms with E-state index in [0.29, 0.717) is 22.8 Å². The van der Waals surface area contributed by atoms with E-state index in [4.69, 9.17) is 14.2 Å². The third-order valence-corrected chi connectivity index (χ3v) is 11.0. The number of rotatable bonds is 11. The number of hydrogen-bond donors (Lipinski definition) is 1. The zero-order valence-corrected chi connectivity index (χ0v) is 25.1. The fourth-order valence-corrected chi connectivity index (χ4v) is 7.93. The summed E-state index contributed by atoms with van der Waals surface area (Å²) in [5, 5.41) is 9.80. The van der Waals surface area contributed by atoms with Crippen molar-refractivity contribution in [2.45, 2.75) is 42.7 Å². The number of ether oxygens (including phenoxy) is 3. The first-order valence-electron chi connectivity index (χ1n) is 12.5. The molecule has 0 radical (unpaired) electrons. The summed E-state index contributed by atoms with van der Waals surface area (Å²) in [4.78, 5) is 24.5. The van der Waals surface area contributed by atoms with Crippen LogP contribution in [0.4, 0.5) is 0 Å². The van der Waals surface area contributed by atoms with Crippen LogP contribution < -0.4 is 24.9 Å². The Hall–Kier alpha value is -3.08. The Kier molecular flexibility index (Phi) is 10.1. The second kappa shape index (κ2) is 12.6. The van der Waals surface area contributed by atoms with Gasteiger partial charge in [0.15, 0.2) is 5.75 Å². The van der Waals surface area contributed by atoms with E-state index in [0.717, 1.165) is 5.56 Å². The second-order valence-electron chi connectivity index (χ2n) is 10.1. The van der Waals surface area contributed by atoms with Crippen LogP contribution in [-0.4, -0.2) is 73.0 Å². The number of aryl methyl sites for hydroxylation is 1. The van der Waals surface area contributed by atoms with E-state index in [1.54, 1.807) is 25.3 Å². The predicted octanol–water partition coefficient (Wildman–Crippen LogP) is 1.84. The molecule has 14 heteroatoms. The van der Waals surface area contributed by atoms with Crippen molar-refractivity contribution in [2.75, 3.05) is 20.8 Å². The summed E-state index contributed by atoms with van der Waals surface area (Å²) in [6.07, 6.45) is 1.58. The summed E-state index contributed by atoms with van der Waals surface area (Å²) in [5.74, 6) is -0.0103. The summed E-state index contributed by atoms with van der Waals surface area (Å²) < 4.78 is 56.4. The molecular formula is C28H32LiN3O8S2. The molecular weight excluding hydrogens is 577 g/mol. The predicted molar refractivity (Wildman–Crippen MR) is 158 cm³/mol. The van der Waals surface area contributed by atoms with Crippen LogP contribution in [0.2, 0.25) is 0 Å². The minimum absolute atomic E-state index is 0. The number of aromatic nitrogens is 1. The number of carboxylic acid groups (broad SMARTS) is 1. The van der Waals surface area contributed by atoms with E-state index in [1.165, 1.54) is 58.4 Å². The number of sulfone groups is 1. The first-order valence-corrected chi connectivity index (χ1v) is 15.3. The van der Waals surface area contributed by atoms with Gasteiger partial charge in [-0.25, -0.2) is 8.42 Å². The number of hydrogen-bond acceptors (Lipinski definition) is 10. The summed E-state index contributed by atoms with van der Waals surface area (Å²) >= 11 is -2.24. The monoisotopic (exact) mass is 609 g/mol. The van der Waals surface area contributed by atoms with Gasteiger partial charge in [0.1, 0.15) is 23.9 Å². The van der Waals surface area contributed by atoms with E-state index >= 15 is 0 Å². The molecule has 0 bridgehead atoms. The van der Waals surface area contributed by atoms with Gasteiger partial charge in [0.25, 0.3) is 9.84 Å². The summed E-state index contributed by atoms with van der Waals surface area (Å²) in [6.45, 7) is 6.50. The molecule has 2 heterocycles. The first kappa shape index (κ1) is 33.4. The number of aliphatic carboxylic acids is 1. The Morgan fingerprint density at radius 1 is 1.02 bits per heavy atom. The van der Waals surface area contributed by atoms with Crippen LogP contribution in [0.15, 0.2) is 63.5 Å². The number of nitrogens with zero attached hydrogens (tertiary/aromatic N) is 3. The molecule has 4 rings (SSSR count). The van der Waals surface area contributed by atoms with E-state index < -0.39 is 36.7 Å². The number of carboxylic acids is 1. The van der Waals surface area contributed by atoms with Crippen molar-refractivity contribution in [3.63, 3.8) is 0 Å². The normalized spacial score (nSPS) is 16.7. The maximum atomic E-state index is 14.2. The minimum atomic E-state index is -4.50. The van der Waals surface area contributed by atoms with Crippen LogP contribution in [0.5, 0.6) is 17.2 Å². The molecule has 1 aliphatic heterocycles. The van der Waals surface area contributed by atoms with Crippen LogP contribution >= 0.6 is 0 Å². The van der Waals surface area contributed by atoms with Crippen molar-refractivity contribution in [2.24, 2.45) is 15.4 Å². The molecule has 2 unspecified atom stereocenters. The number of methoxy groups -OCH3 is 2. The van der Waals surface area contributed by atoms with Gasteiger partial charge in [-0.1, -0.05) is 0 Å². The van der Waals surface area contributed by atoms with Crippen molar-refractivity contribution in [1.82, 2.24) is 4.98 Å². The topological polar surface area (TPSA) is 160 Å². The van der Waals surface area contributed by atoms with Crippen LogP contribution in [0, 0.1) is 19.3 Å². The number of pyridine rings is 1. The Labute approximate surface area is 259 Å². The number of fused-ring (bicyclic) bond motifs is 1. The molecule has 1 aliphatic rings. The molecule has 0 spiro atoms. The summed E-state index contributed by atoms with van der Waals surface area (Å²) in [7, 11) is -1.51. The molecule has 220 valence electrons. The van der Waals surface area contributed by atoms with Gasteiger partial charge in [-0.05, 0) is 64.1 Å². The average Bonchev–Trinajstić information content (AvgIpc) is 3.35.